The second-order valence-electron chi connectivity index (χ2n) is 4.41. The number of nitrogens with two attached hydrogens (primary N) is 1. The summed E-state index contributed by atoms with van der Waals surface area (Å²) in [5, 5.41) is 0. The van der Waals surface area contributed by atoms with Crippen molar-refractivity contribution in [3.05, 3.63) is 35.4 Å². The Kier molecular flexibility index (Phi) is 2.53. The maximum Gasteiger partial charge on any atom is 0.0470 e. The first-order valence-corrected chi connectivity index (χ1v) is 5.34. The maximum atomic E-state index is 6.01. The molecule has 1 aromatic rings. The topological polar surface area (TPSA) is 29.3 Å². The Hall–Kier alpha value is -1.28. The monoisotopic (exact) mass is 202 g/mol. The number of nitrogens with zero attached hydrogens (tertiary/aromatic N) is 1. The van der Waals surface area contributed by atoms with Crippen LogP contribution in [0.2, 0.25) is 0 Å². The van der Waals surface area contributed by atoms with Crippen LogP contribution >= 0.6 is 0 Å². The summed E-state index contributed by atoms with van der Waals surface area (Å²) >= 11 is 0. The fourth-order valence-electron chi connectivity index (χ4n) is 2.45. The third kappa shape index (κ3) is 1.77. The van der Waals surface area contributed by atoms with Gasteiger partial charge in [-0.05, 0) is 30.5 Å². The summed E-state index contributed by atoms with van der Waals surface area (Å²) in [4.78, 5) is 2.24. The molecule has 1 aliphatic heterocycles. The van der Waals surface area contributed by atoms with E-state index in [-0.39, 0.29) is 6.04 Å². The van der Waals surface area contributed by atoms with Crippen LogP contribution in [0.1, 0.15) is 16.7 Å². The molecule has 0 spiro atoms. The van der Waals surface area contributed by atoms with E-state index in [9.17, 15) is 0 Å². The molecule has 1 aliphatic rings. The summed E-state index contributed by atoms with van der Waals surface area (Å²) in [7, 11) is 2.10. The van der Waals surface area contributed by atoms with Gasteiger partial charge in [-0.3, -0.25) is 0 Å². The molecule has 0 fully saturated rings. The van der Waals surface area contributed by atoms with Gasteiger partial charge >= 0.3 is 0 Å². The molecule has 1 heterocycles. The Morgan fingerprint density at radius 3 is 2.93 bits per heavy atom. The molecule has 0 amide bonds. The molecule has 0 aromatic heterocycles. The quantitative estimate of drug-likeness (QED) is 0.754. The predicted molar refractivity (Wildman–Crippen MR) is 66.2 cm³/mol. The molecular formula is C13H18N2. The van der Waals surface area contributed by atoms with E-state index < -0.39 is 0 Å². The van der Waals surface area contributed by atoms with Crippen molar-refractivity contribution in [2.24, 2.45) is 5.73 Å². The van der Waals surface area contributed by atoms with Crippen LogP contribution in [-0.2, 0) is 6.42 Å². The van der Waals surface area contributed by atoms with Crippen LogP contribution in [0.15, 0.2) is 18.7 Å². The van der Waals surface area contributed by atoms with Crippen molar-refractivity contribution in [2.45, 2.75) is 19.4 Å². The van der Waals surface area contributed by atoms with Crippen LogP contribution in [0.5, 0.6) is 0 Å². The minimum absolute atomic E-state index is 0.252. The molecule has 2 heteroatoms. The van der Waals surface area contributed by atoms with Gasteiger partial charge in [-0.2, -0.15) is 0 Å². The Bertz CT molecular complexity index is 396. The lowest BCUT2D eigenvalue weighted by atomic mass is 9.93. The number of rotatable bonds is 1. The molecule has 1 unspecified atom stereocenters. The van der Waals surface area contributed by atoms with E-state index >= 15 is 0 Å². The summed E-state index contributed by atoms with van der Waals surface area (Å²) in [6.45, 7) is 6.92. The first kappa shape index (κ1) is 10.2. The number of hydrogen-bond acceptors (Lipinski definition) is 2. The van der Waals surface area contributed by atoms with Crippen molar-refractivity contribution in [1.82, 2.24) is 0 Å². The van der Waals surface area contributed by atoms with Gasteiger partial charge in [0.1, 0.15) is 0 Å². The van der Waals surface area contributed by atoms with E-state index in [1.165, 1.54) is 22.4 Å². The number of fused-ring (bicyclic) bond motifs is 1. The van der Waals surface area contributed by atoms with E-state index in [4.69, 9.17) is 5.73 Å². The van der Waals surface area contributed by atoms with E-state index in [1.807, 2.05) is 6.08 Å². The van der Waals surface area contributed by atoms with Crippen LogP contribution in [0, 0.1) is 6.92 Å². The first-order valence-electron chi connectivity index (χ1n) is 5.34. The van der Waals surface area contributed by atoms with Gasteiger partial charge in [0.25, 0.3) is 0 Å². The summed E-state index contributed by atoms with van der Waals surface area (Å²) in [5.41, 5.74) is 11.2. The normalized spacial score (nSPS) is 19.9. The molecule has 0 saturated carbocycles. The van der Waals surface area contributed by atoms with Gasteiger partial charge in [0.2, 0.25) is 0 Å². The molecule has 2 nitrogen and oxygen atoms in total. The zero-order chi connectivity index (χ0) is 11.0. The number of benzene rings is 1. The van der Waals surface area contributed by atoms with E-state index in [1.54, 1.807) is 0 Å². The van der Waals surface area contributed by atoms with Crippen LogP contribution in [0.25, 0.3) is 6.08 Å². The van der Waals surface area contributed by atoms with E-state index in [0.717, 1.165) is 13.0 Å². The third-order valence-corrected chi connectivity index (χ3v) is 2.95. The van der Waals surface area contributed by atoms with Crippen LogP contribution in [-0.4, -0.2) is 19.6 Å². The molecule has 0 aliphatic carbocycles. The highest BCUT2D eigenvalue weighted by Gasteiger charge is 2.21. The van der Waals surface area contributed by atoms with Crippen molar-refractivity contribution in [2.75, 3.05) is 18.5 Å². The van der Waals surface area contributed by atoms with Crippen LogP contribution < -0.4 is 10.6 Å². The zero-order valence-corrected chi connectivity index (χ0v) is 9.46. The van der Waals surface area contributed by atoms with Crippen molar-refractivity contribution in [3.8, 4) is 0 Å². The van der Waals surface area contributed by atoms with Crippen LogP contribution in [0.4, 0.5) is 5.69 Å². The SMILES string of the molecule is C=Cc1cc(C)cc2c1N(C)CC(N)C2. The van der Waals surface area contributed by atoms with Crippen molar-refractivity contribution >= 4 is 11.8 Å². The highest BCUT2D eigenvalue weighted by atomic mass is 15.1. The molecule has 0 radical (unpaired) electrons. The Labute approximate surface area is 91.4 Å². The highest BCUT2D eigenvalue weighted by Crippen LogP contribution is 2.31. The molecule has 80 valence electrons. The average molecular weight is 202 g/mol. The lowest BCUT2D eigenvalue weighted by Gasteiger charge is -2.33. The molecule has 2 rings (SSSR count). The maximum absolute atomic E-state index is 6.01. The lowest BCUT2D eigenvalue weighted by molar-refractivity contribution is 0.627. The summed E-state index contributed by atoms with van der Waals surface area (Å²) in [6, 6.07) is 4.67. The van der Waals surface area contributed by atoms with Gasteiger partial charge in [-0.1, -0.05) is 24.3 Å². The molecule has 15 heavy (non-hydrogen) atoms. The van der Waals surface area contributed by atoms with Crippen molar-refractivity contribution in [3.63, 3.8) is 0 Å². The van der Waals surface area contributed by atoms with Gasteiger partial charge in [-0.25, -0.2) is 0 Å². The van der Waals surface area contributed by atoms with Crippen molar-refractivity contribution in [1.29, 1.82) is 0 Å². The lowest BCUT2D eigenvalue weighted by Crippen LogP contribution is -2.41. The van der Waals surface area contributed by atoms with Gasteiger partial charge in [0.15, 0.2) is 0 Å². The number of anilines is 1. The van der Waals surface area contributed by atoms with E-state index in [2.05, 4.69) is 37.6 Å². The minimum atomic E-state index is 0.252. The standard InChI is InChI=1S/C13H18N2/c1-4-10-5-9(2)6-11-7-12(14)8-15(3)13(10)11/h4-6,12H,1,7-8,14H2,2-3H3. The minimum Gasteiger partial charge on any atom is -0.372 e. The molecular weight excluding hydrogens is 184 g/mol. The highest BCUT2D eigenvalue weighted by molar-refractivity contribution is 5.72. The number of likely N-dealkylation sites (N-methyl/N-ethyl adjacent to an activating group) is 1. The van der Waals surface area contributed by atoms with E-state index in [0.29, 0.717) is 0 Å². The summed E-state index contributed by atoms with van der Waals surface area (Å²) in [6.07, 6.45) is 2.90. The fourth-order valence-corrected chi connectivity index (χ4v) is 2.45. The molecule has 2 N–H and O–H groups in total. The predicted octanol–water partition coefficient (Wildman–Crippen LogP) is 1.96. The molecule has 0 bridgehead atoms. The van der Waals surface area contributed by atoms with Gasteiger partial charge in [0.05, 0.1) is 0 Å². The largest absolute Gasteiger partial charge is 0.372 e. The van der Waals surface area contributed by atoms with Gasteiger partial charge in [-0.15, -0.1) is 0 Å². The molecule has 1 aromatic carbocycles. The zero-order valence-electron chi connectivity index (χ0n) is 9.46. The Morgan fingerprint density at radius 1 is 1.53 bits per heavy atom. The van der Waals surface area contributed by atoms with Gasteiger partial charge < -0.3 is 10.6 Å². The fraction of sp³-hybridized carbons (Fsp3) is 0.385. The Morgan fingerprint density at radius 2 is 2.27 bits per heavy atom. The second kappa shape index (κ2) is 3.70. The summed E-state index contributed by atoms with van der Waals surface area (Å²) in [5.74, 6) is 0. The smallest absolute Gasteiger partial charge is 0.0470 e. The van der Waals surface area contributed by atoms with Crippen molar-refractivity contribution < 1.29 is 0 Å². The second-order valence-corrected chi connectivity index (χ2v) is 4.41. The van der Waals surface area contributed by atoms with Crippen LogP contribution in [0.3, 0.4) is 0 Å². The number of hydrogen-bond donors (Lipinski definition) is 1. The Balaban J connectivity index is 2.58. The molecule has 0 saturated heterocycles. The van der Waals surface area contributed by atoms with Gasteiger partial charge in [0, 0.05) is 25.3 Å². The number of aryl methyl sites for hydroxylation is 1. The summed E-state index contributed by atoms with van der Waals surface area (Å²) < 4.78 is 0. The third-order valence-electron chi connectivity index (χ3n) is 2.95. The first-order chi connectivity index (χ1) is 7.11. The average Bonchev–Trinajstić information content (AvgIpc) is 2.14. The molecule has 1 atom stereocenters.